The Morgan fingerprint density at radius 2 is 1.52 bits per heavy atom. The van der Waals surface area contributed by atoms with Crippen LogP contribution in [0.5, 0.6) is 5.75 Å². The molecule has 170 valence electrons. The molecule has 7 heteroatoms. The fourth-order valence-electron chi connectivity index (χ4n) is 3.48. The number of pyridine rings is 1. The topological polar surface area (TPSA) is 119 Å². The Balaban J connectivity index is 0.000000427. The summed E-state index contributed by atoms with van der Waals surface area (Å²) >= 11 is 0. The molecule has 6 nitrogen and oxygen atoms in total. The van der Waals surface area contributed by atoms with Crippen molar-refractivity contribution in [1.29, 1.82) is 0 Å². The number of aromatic nitrogens is 1. The van der Waals surface area contributed by atoms with Crippen molar-refractivity contribution < 1.29 is 42.1 Å². The molecule has 1 aromatic heterocycles. The second-order valence-electron chi connectivity index (χ2n) is 8.20. The molecule has 2 aromatic rings. The van der Waals surface area contributed by atoms with Gasteiger partial charge in [0, 0.05) is 6.20 Å². The minimum absolute atomic E-state index is 0. The first-order valence-electron chi connectivity index (χ1n) is 10.9. The Bertz CT molecular complexity index is 696. The molecule has 3 unspecified atom stereocenters. The van der Waals surface area contributed by atoms with E-state index in [0.29, 0.717) is 11.4 Å². The van der Waals surface area contributed by atoms with Crippen molar-refractivity contribution in [3.05, 3.63) is 41.8 Å². The van der Waals surface area contributed by atoms with Crippen LogP contribution in [-0.4, -0.2) is 35.9 Å². The summed E-state index contributed by atoms with van der Waals surface area (Å²) in [6.07, 6.45) is 6.17. The molecule has 2 aliphatic rings. The third kappa shape index (κ3) is 12.6. The van der Waals surface area contributed by atoms with Gasteiger partial charge in [-0.15, -0.1) is 30.9 Å². The quantitative estimate of drug-likeness (QED) is 0.553. The third-order valence-electron chi connectivity index (χ3n) is 4.60. The smallest absolute Gasteiger partial charge is 0.871 e. The van der Waals surface area contributed by atoms with Crippen LogP contribution in [0.1, 0.15) is 59.8 Å². The summed E-state index contributed by atoms with van der Waals surface area (Å²) in [6, 6.07) is 9.04. The largest absolute Gasteiger partial charge is 4.00 e. The van der Waals surface area contributed by atoms with Gasteiger partial charge in [-0.05, 0) is 11.5 Å². The standard InChI is InChI=1S/C9H15NO.C9H7NO.2C3H7O.Ti/c2*11-8-5-1-3-7-4-2-6-10-9(7)8;2*1-3(2)4;/h7-9H,1-6H2;1-6,11H;2*3H,1-2H3;/q-2;;2*-1;+4/p-1. The van der Waals surface area contributed by atoms with E-state index in [1.807, 2.05) is 18.2 Å². The summed E-state index contributed by atoms with van der Waals surface area (Å²) in [4.78, 5) is 3.97. The van der Waals surface area contributed by atoms with Crippen molar-refractivity contribution in [1.82, 2.24) is 4.98 Å². The summed E-state index contributed by atoms with van der Waals surface area (Å²) in [5.74, 6) is 0.642. The van der Waals surface area contributed by atoms with E-state index in [1.54, 1.807) is 40.0 Å². The van der Waals surface area contributed by atoms with Crippen LogP contribution in [0.15, 0.2) is 36.5 Å². The van der Waals surface area contributed by atoms with E-state index in [-0.39, 0.29) is 39.6 Å². The van der Waals surface area contributed by atoms with Crippen LogP contribution in [-0.2, 0) is 21.7 Å². The van der Waals surface area contributed by atoms with E-state index in [9.17, 15) is 20.4 Å². The Kier molecular flexibility index (Phi) is 16.1. The fourth-order valence-corrected chi connectivity index (χ4v) is 3.48. The van der Waals surface area contributed by atoms with Gasteiger partial charge in [-0.1, -0.05) is 95.7 Å². The number of nitrogens with zero attached hydrogens (tertiary/aromatic N) is 2. The van der Waals surface area contributed by atoms with Crippen LogP contribution < -0.4 is 20.4 Å². The Hall–Kier alpha value is -1.02. The van der Waals surface area contributed by atoms with Crippen molar-refractivity contribution in [3.8, 4) is 5.75 Å². The van der Waals surface area contributed by atoms with Gasteiger partial charge in [0.05, 0.1) is 5.52 Å². The molecule has 1 saturated heterocycles. The molecule has 0 bridgehead atoms. The van der Waals surface area contributed by atoms with Crippen molar-refractivity contribution >= 4 is 10.9 Å². The minimum Gasteiger partial charge on any atom is -0.871 e. The maximum absolute atomic E-state index is 11.4. The molecule has 2 heterocycles. The SMILES string of the molecule is CC(C)[O-].CC(C)[O-].[O-]C1CCCC2CCC[N-]C12.[O-]c1cccc2cccnc12.[Ti+4]. The zero-order valence-electron chi connectivity index (χ0n) is 19.1. The van der Waals surface area contributed by atoms with E-state index in [1.165, 1.54) is 25.3 Å². The molecule has 31 heavy (non-hydrogen) atoms. The second-order valence-corrected chi connectivity index (χ2v) is 8.20. The second kappa shape index (κ2) is 16.6. The van der Waals surface area contributed by atoms with Gasteiger partial charge in [-0.25, -0.2) is 0 Å². The van der Waals surface area contributed by atoms with Crippen molar-refractivity contribution in [2.45, 2.75) is 84.2 Å². The van der Waals surface area contributed by atoms with E-state index in [0.717, 1.165) is 24.8 Å². The van der Waals surface area contributed by atoms with Gasteiger partial charge in [0.25, 0.3) is 0 Å². The van der Waals surface area contributed by atoms with E-state index >= 15 is 0 Å². The van der Waals surface area contributed by atoms with Crippen LogP contribution in [0, 0.1) is 5.92 Å². The molecular formula is C24H35N2O4Ti-. The van der Waals surface area contributed by atoms with Gasteiger partial charge in [-0.2, -0.15) is 0 Å². The van der Waals surface area contributed by atoms with Crippen LogP contribution in [0.4, 0.5) is 0 Å². The predicted molar refractivity (Wildman–Crippen MR) is 114 cm³/mol. The molecule has 4 rings (SSSR count). The Morgan fingerprint density at radius 1 is 0.935 bits per heavy atom. The van der Waals surface area contributed by atoms with Crippen LogP contribution >= 0.6 is 0 Å². The first-order chi connectivity index (χ1) is 14.2. The van der Waals surface area contributed by atoms with Gasteiger partial charge >= 0.3 is 21.7 Å². The van der Waals surface area contributed by atoms with Crippen molar-refractivity contribution in [3.63, 3.8) is 0 Å². The van der Waals surface area contributed by atoms with Gasteiger partial charge in [-0.3, -0.25) is 4.98 Å². The fraction of sp³-hybridized carbons (Fsp3) is 0.625. The van der Waals surface area contributed by atoms with Gasteiger partial charge < -0.3 is 25.7 Å². The average Bonchev–Trinajstić information content (AvgIpc) is 2.69. The molecule has 1 saturated carbocycles. The number of benzene rings is 1. The van der Waals surface area contributed by atoms with E-state index in [4.69, 9.17) is 0 Å². The van der Waals surface area contributed by atoms with Gasteiger partial charge in [0.2, 0.25) is 0 Å². The molecule has 0 spiro atoms. The first kappa shape index (κ1) is 30.0. The third-order valence-corrected chi connectivity index (χ3v) is 4.60. The number of hydrogen-bond acceptors (Lipinski definition) is 5. The molecule has 1 aliphatic carbocycles. The van der Waals surface area contributed by atoms with E-state index in [2.05, 4.69) is 10.3 Å². The van der Waals surface area contributed by atoms with Crippen molar-refractivity contribution in [2.75, 3.05) is 6.54 Å². The maximum Gasteiger partial charge on any atom is 4.00 e. The van der Waals surface area contributed by atoms with Crippen LogP contribution in [0.3, 0.4) is 0 Å². The molecule has 3 atom stereocenters. The zero-order valence-corrected chi connectivity index (χ0v) is 20.7. The number of hydrogen-bond donors (Lipinski definition) is 0. The molecule has 1 aliphatic heterocycles. The summed E-state index contributed by atoms with van der Waals surface area (Å²) in [5.41, 5.74) is 0.551. The molecule has 0 amide bonds. The maximum atomic E-state index is 11.4. The summed E-state index contributed by atoms with van der Waals surface area (Å²) in [5, 5.41) is 46.9. The molecule has 0 radical (unpaired) electrons. The summed E-state index contributed by atoms with van der Waals surface area (Å²) in [6.45, 7) is 7.39. The molecule has 1 aromatic carbocycles. The number of rotatable bonds is 0. The summed E-state index contributed by atoms with van der Waals surface area (Å²) in [7, 11) is 0. The average molecular weight is 463 g/mol. The Morgan fingerprint density at radius 3 is 2.10 bits per heavy atom. The number of fused-ring (bicyclic) bond motifs is 2. The van der Waals surface area contributed by atoms with Crippen molar-refractivity contribution in [2.24, 2.45) is 5.92 Å². The normalized spacial score (nSPS) is 21.9. The first-order valence-corrected chi connectivity index (χ1v) is 10.9. The molecule has 0 N–H and O–H groups in total. The molecule has 2 fully saturated rings. The van der Waals surface area contributed by atoms with Crippen LogP contribution in [0.25, 0.3) is 16.2 Å². The summed E-state index contributed by atoms with van der Waals surface area (Å²) < 4.78 is 0. The van der Waals surface area contributed by atoms with Gasteiger partial charge in [0.1, 0.15) is 0 Å². The zero-order chi connectivity index (χ0) is 22.5. The van der Waals surface area contributed by atoms with Crippen LogP contribution in [0.2, 0.25) is 0 Å². The Labute approximate surface area is 202 Å². The predicted octanol–water partition coefficient (Wildman–Crippen LogP) is 1.87. The van der Waals surface area contributed by atoms with Gasteiger partial charge in [0.15, 0.2) is 0 Å². The van der Waals surface area contributed by atoms with E-state index < -0.39 is 12.2 Å². The molecular weight excluding hydrogens is 428 g/mol. The number of piperidine rings is 1. The number of para-hydroxylation sites is 1. The minimum atomic E-state index is -0.417. The monoisotopic (exact) mass is 463 g/mol.